The molecule has 156 valence electrons. The number of thiazole rings is 1. The molecule has 3 aromatic heterocycles. The lowest BCUT2D eigenvalue weighted by molar-refractivity contribution is 0.626. The largest absolute Gasteiger partial charge is 0.302 e. The third-order valence-electron chi connectivity index (χ3n) is 4.78. The molecule has 0 aliphatic heterocycles. The Balaban J connectivity index is 1.51. The normalized spacial score (nSPS) is 11.5. The smallest absolute Gasteiger partial charge is 0.191 e. The van der Waals surface area contributed by atoms with E-state index in [1.165, 1.54) is 21.6 Å². The zero-order chi connectivity index (χ0) is 21.1. The third kappa shape index (κ3) is 4.68. The van der Waals surface area contributed by atoms with Crippen molar-refractivity contribution in [2.75, 3.05) is 0 Å². The fourth-order valence-corrected chi connectivity index (χ4v) is 5.91. The first-order chi connectivity index (χ1) is 14.5. The minimum Gasteiger partial charge on any atom is -0.302 e. The van der Waals surface area contributed by atoms with Gasteiger partial charge in [-0.15, -0.1) is 32.9 Å². The SMILES string of the molecule is CCCn1c(SCc2csc(-c3cccc(C)c3)n2)nnc1-c1csc(C(C)C)c1. The van der Waals surface area contributed by atoms with Crippen LogP contribution in [0.4, 0.5) is 0 Å². The Bertz CT molecular complexity index is 1120. The molecule has 0 radical (unpaired) electrons. The van der Waals surface area contributed by atoms with Crippen LogP contribution in [0.2, 0.25) is 0 Å². The second-order valence-corrected chi connectivity index (χ2v) is 10.4. The highest BCUT2D eigenvalue weighted by Gasteiger charge is 2.17. The molecule has 4 aromatic rings. The van der Waals surface area contributed by atoms with Crippen molar-refractivity contribution < 1.29 is 0 Å². The van der Waals surface area contributed by atoms with Crippen LogP contribution >= 0.6 is 34.4 Å². The molecule has 30 heavy (non-hydrogen) atoms. The summed E-state index contributed by atoms with van der Waals surface area (Å²) in [4.78, 5) is 6.23. The quantitative estimate of drug-likeness (QED) is 0.263. The van der Waals surface area contributed by atoms with Gasteiger partial charge in [0.05, 0.1) is 5.69 Å². The van der Waals surface area contributed by atoms with E-state index in [2.05, 4.69) is 83.6 Å². The number of rotatable bonds is 8. The van der Waals surface area contributed by atoms with Crippen molar-refractivity contribution in [2.24, 2.45) is 0 Å². The van der Waals surface area contributed by atoms with Crippen molar-refractivity contribution in [3.63, 3.8) is 0 Å². The van der Waals surface area contributed by atoms with E-state index in [0.29, 0.717) is 5.92 Å². The maximum atomic E-state index is 4.84. The predicted molar refractivity (Wildman–Crippen MR) is 130 cm³/mol. The van der Waals surface area contributed by atoms with Crippen molar-refractivity contribution in [1.82, 2.24) is 19.7 Å². The molecular formula is C23H26N4S3. The van der Waals surface area contributed by atoms with Gasteiger partial charge in [-0.1, -0.05) is 56.3 Å². The summed E-state index contributed by atoms with van der Waals surface area (Å²) in [6.07, 6.45) is 1.05. The molecule has 4 nitrogen and oxygen atoms in total. The van der Waals surface area contributed by atoms with Crippen molar-refractivity contribution >= 4 is 34.4 Å². The lowest BCUT2D eigenvalue weighted by atomic mass is 10.1. The number of thioether (sulfide) groups is 1. The first-order valence-electron chi connectivity index (χ1n) is 10.2. The van der Waals surface area contributed by atoms with Crippen LogP contribution < -0.4 is 0 Å². The highest BCUT2D eigenvalue weighted by molar-refractivity contribution is 7.98. The predicted octanol–water partition coefficient (Wildman–Crippen LogP) is 7.26. The first kappa shape index (κ1) is 21.3. The molecule has 0 aliphatic carbocycles. The summed E-state index contributed by atoms with van der Waals surface area (Å²) < 4.78 is 2.25. The Labute approximate surface area is 190 Å². The summed E-state index contributed by atoms with van der Waals surface area (Å²) in [6.45, 7) is 9.69. The summed E-state index contributed by atoms with van der Waals surface area (Å²) in [5, 5.41) is 15.4. The van der Waals surface area contributed by atoms with E-state index in [0.717, 1.165) is 40.4 Å². The monoisotopic (exact) mass is 454 g/mol. The van der Waals surface area contributed by atoms with Crippen LogP contribution in [0.3, 0.4) is 0 Å². The van der Waals surface area contributed by atoms with Gasteiger partial charge >= 0.3 is 0 Å². The van der Waals surface area contributed by atoms with Gasteiger partial charge in [0.1, 0.15) is 5.01 Å². The van der Waals surface area contributed by atoms with Crippen LogP contribution in [0.25, 0.3) is 22.0 Å². The van der Waals surface area contributed by atoms with E-state index in [1.54, 1.807) is 34.4 Å². The van der Waals surface area contributed by atoms with Gasteiger partial charge in [0.25, 0.3) is 0 Å². The Morgan fingerprint density at radius 3 is 2.67 bits per heavy atom. The maximum Gasteiger partial charge on any atom is 0.191 e. The Hall–Kier alpha value is -1.96. The van der Waals surface area contributed by atoms with Gasteiger partial charge in [-0.2, -0.15) is 0 Å². The molecule has 0 spiro atoms. The lowest BCUT2D eigenvalue weighted by Gasteiger charge is -2.07. The maximum absolute atomic E-state index is 4.84. The topological polar surface area (TPSA) is 43.6 Å². The van der Waals surface area contributed by atoms with Crippen molar-refractivity contribution in [3.05, 3.63) is 57.2 Å². The minimum atomic E-state index is 0.535. The number of benzene rings is 1. The number of hydrogen-bond donors (Lipinski definition) is 0. The van der Waals surface area contributed by atoms with Gasteiger partial charge in [0, 0.05) is 39.1 Å². The van der Waals surface area contributed by atoms with Crippen molar-refractivity contribution in [2.45, 2.75) is 57.5 Å². The summed E-state index contributed by atoms with van der Waals surface area (Å²) in [7, 11) is 0. The van der Waals surface area contributed by atoms with Crippen molar-refractivity contribution in [1.29, 1.82) is 0 Å². The Morgan fingerprint density at radius 1 is 1.07 bits per heavy atom. The molecule has 4 rings (SSSR count). The number of nitrogens with zero attached hydrogens (tertiary/aromatic N) is 4. The highest BCUT2D eigenvalue weighted by atomic mass is 32.2. The van der Waals surface area contributed by atoms with Crippen molar-refractivity contribution in [3.8, 4) is 22.0 Å². The highest BCUT2D eigenvalue weighted by Crippen LogP contribution is 2.33. The van der Waals surface area contributed by atoms with Gasteiger partial charge < -0.3 is 4.57 Å². The molecule has 0 amide bonds. The molecular weight excluding hydrogens is 428 g/mol. The van der Waals surface area contributed by atoms with Gasteiger partial charge in [-0.3, -0.25) is 0 Å². The summed E-state index contributed by atoms with van der Waals surface area (Å²) >= 11 is 5.22. The lowest BCUT2D eigenvalue weighted by Crippen LogP contribution is -2.01. The summed E-state index contributed by atoms with van der Waals surface area (Å²) in [5.74, 6) is 2.30. The number of aromatic nitrogens is 4. The molecule has 0 unspecified atom stereocenters. The zero-order valence-corrected chi connectivity index (χ0v) is 20.2. The molecule has 0 saturated heterocycles. The van der Waals surface area contributed by atoms with E-state index in [1.807, 2.05) is 0 Å². The average Bonchev–Trinajstić information content (AvgIpc) is 3.46. The molecule has 7 heteroatoms. The van der Waals surface area contributed by atoms with Gasteiger partial charge in [-0.25, -0.2) is 4.98 Å². The molecule has 3 heterocycles. The third-order valence-corrected chi connectivity index (χ3v) is 7.95. The Morgan fingerprint density at radius 2 is 1.93 bits per heavy atom. The zero-order valence-electron chi connectivity index (χ0n) is 17.8. The molecule has 0 aliphatic rings. The van der Waals surface area contributed by atoms with E-state index >= 15 is 0 Å². The van der Waals surface area contributed by atoms with Crippen LogP contribution in [-0.4, -0.2) is 19.7 Å². The minimum absolute atomic E-state index is 0.535. The van der Waals surface area contributed by atoms with Crippen LogP contribution in [0.15, 0.2) is 46.2 Å². The molecule has 0 fully saturated rings. The second-order valence-electron chi connectivity index (χ2n) is 7.65. The Kier molecular flexibility index (Phi) is 6.71. The average molecular weight is 455 g/mol. The fraction of sp³-hybridized carbons (Fsp3) is 0.348. The van der Waals surface area contributed by atoms with E-state index < -0.39 is 0 Å². The fourth-order valence-electron chi connectivity index (χ4n) is 3.23. The first-order valence-corrected chi connectivity index (χ1v) is 13.0. The number of hydrogen-bond acceptors (Lipinski definition) is 6. The molecule has 0 bridgehead atoms. The molecule has 0 saturated carbocycles. The van der Waals surface area contributed by atoms with E-state index in [4.69, 9.17) is 4.98 Å². The summed E-state index contributed by atoms with van der Waals surface area (Å²) in [5.41, 5.74) is 4.71. The number of thiophene rings is 1. The van der Waals surface area contributed by atoms with Crippen LogP contribution in [-0.2, 0) is 12.3 Å². The molecule has 0 atom stereocenters. The van der Waals surface area contributed by atoms with Gasteiger partial charge in [-0.05, 0) is 31.4 Å². The standard InChI is InChI=1S/C23H26N4S3/c1-5-9-27-21(18-11-20(15(2)3)28-12-18)25-26-23(27)30-14-19-13-29-22(24-19)17-8-6-7-16(4)10-17/h6-8,10-13,15H,5,9,14H2,1-4H3. The molecule has 0 N–H and O–H groups in total. The van der Waals surface area contributed by atoms with Gasteiger partial charge in [0.15, 0.2) is 11.0 Å². The van der Waals surface area contributed by atoms with E-state index in [-0.39, 0.29) is 0 Å². The van der Waals surface area contributed by atoms with E-state index in [9.17, 15) is 0 Å². The van der Waals surface area contributed by atoms with Crippen LogP contribution in [0.1, 0.15) is 49.2 Å². The van der Waals surface area contributed by atoms with Crippen LogP contribution in [0.5, 0.6) is 0 Å². The van der Waals surface area contributed by atoms with Gasteiger partial charge in [0.2, 0.25) is 0 Å². The second kappa shape index (κ2) is 9.45. The number of aryl methyl sites for hydroxylation is 1. The summed E-state index contributed by atoms with van der Waals surface area (Å²) in [6, 6.07) is 10.8. The van der Waals surface area contributed by atoms with Crippen LogP contribution in [0, 0.1) is 6.92 Å². The molecule has 1 aromatic carbocycles.